The quantitative estimate of drug-likeness (QED) is 0.748. The molecule has 1 aromatic rings. The fourth-order valence-electron chi connectivity index (χ4n) is 1.26. The van der Waals surface area contributed by atoms with Gasteiger partial charge in [0.1, 0.15) is 11.4 Å². The highest BCUT2D eigenvalue weighted by atomic mass is 19.1. The molecule has 0 aliphatic carbocycles. The van der Waals surface area contributed by atoms with Crippen molar-refractivity contribution < 1.29 is 9.50 Å². The number of phenols is 1. The fourth-order valence-corrected chi connectivity index (χ4v) is 1.26. The predicted molar refractivity (Wildman–Crippen MR) is 50.5 cm³/mol. The summed E-state index contributed by atoms with van der Waals surface area (Å²) in [7, 11) is 1.70. The van der Waals surface area contributed by atoms with Crippen LogP contribution in [0.4, 0.5) is 4.39 Å². The van der Waals surface area contributed by atoms with Crippen molar-refractivity contribution in [2.75, 3.05) is 13.6 Å². The third-order valence-corrected chi connectivity index (χ3v) is 1.96. The fraction of sp³-hybridized carbons (Fsp3) is 0.400. The number of likely N-dealkylation sites (N-methyl/N-ethyl adjacent to an activating group) is 1. The van der Waals surface area contributed by atoms with Crippen molar-refractivity contribution in [1.29, 1.82) is 0 Å². The maximum Gasteiger partial charge on any atom is 0.145 e. The molecule has 0 saturated heterocycles. The summed E-state index contributed by atoms with van der Waals surface area (Å²) in [6, 6.07) is 6.27. The lowest BCUT2D eigenvalue weighted by Crippen LogP contribution is -2.29. The zero-order valence-electron chi connectivity index (χ0n) is 7.84. The molecule has 1 aromatic carbocycles. The Kier molecular flexibility index (Phi) is 2.88. The number of benzene rings is 1. The van der Waals surface area contributed by atoms with Gasteiger partial charge in [-0.15, -0.1) is 0 Å². The number of aromatic hydroxyl groups is 1. The van der Waals surface area contributed by atoms with Gasteiger partial charge in [0.05, 0.1) is 0 Å². The van der Waals surface area contributed by atoms with E-state index < -0.39 is 5.67 Å². The average molecular weight is 183 g/mol. The summed E-state index contributed by atoms with van der Waals surface area (Å²) in [5.41, 5.74) is -0.949. The molecule has 3 heteroatoms. The molecule has 1 atom stereocenters. The summed E-state index contributed by atoms with van der Waals surface area (Å²) < 4.78 is 13.8. The van der Waals surface area contributed by atoms with Gasteiger partial charge in [-0.2, -0.15) is 0 Å². The third-order valence-electron chi connectivity index (χ3n) is 1.96. The van der Waals surface area contributed by atoms with Gasteiger partial charge in [0.2, 0.25) is 0 Å². The van der Waals surface area contributed by atoms with Gasteiger partial charge in [0.15, 0.2) is 0 Å². The van der Waals surface area contributed by atoms with E-state index in [0.717, 1.165) is 0 Å². The molecule has 0 aromatic heterocycles. The average Bonchev–Trinajstić information content (AvgIpc) is 2.04. The van der Waals surface area contributed by atoms with Gasteiger partial charge in [-0.05, 0) is 31.7 Å². The van der Waals surface area contributed by atoms with E-state index in [9.17, 15) is 4.39 Å². The van der Waals surface area contributed by atoms with Crippen molar-refractivity contribution >= 4 is 0 Å². The topological polar surface area (TPSA) is 32.3 Å². The van der Waals surface area contributed by atoms with Gasteiger partial charge in [0.25, 0.3) is 0 Å². The minimum absolute atomic E-state index is 0.0949. The Hall–Kier alpha value is -1.09. The van der Waals surface area contributed by atoms with Crippen LogP contribution in [0.15, 0.2) is 24.3 Å². The second-order valence-electron chi connectivity index (χ2n) is 3.28. The molecule has 0 bridgehead atoms. The Balaban J connectivity index is 2.93. The van der Waals surface area contributed by atoms with E-state index in [-0.39, 0.29) is 12.3 Å². The van der Waals surface area contributed by atoms with Crippen LogP contribution in [-0.2, 0) is 5.67 Å². The summed E-state index contributed by atoms with van der Waals surface area (Å²) in [4.78, 5) is 0. The molecule has 0 aliphatic heterocycles. The molecule has 2 nitrogen and oxygen atoms in total. The molecule has 1 rings (SSSR count). The van der Waals surface area contributed by atoms with Crippen molar-refractivity contribution in [2.24, 2.45) is 0 Å². The van der Waals surface area contributed by atoms with Crippen LogP contribution in [0, 0.1) is 0 Å². The molecule has 72 valence electrons. The first-order chi connectivity index (χ1) is 6.06. The summed E-state index contributed by atoms with van der Waals surface area (Å²) in [6.07, 6.45) is 0. The Labute approximate surface area is 77.4 Å². The van der Waals surface area contributed by atoms with E-state index in [1.54, 1.807) is 19.2 Å². The Morgan fingerprint density at radius 3 is 2.77 bits per heavy atom. The van der Waals surface area contributed by atoms with Crippen LogP contribution in [-0.4, -0.2) is 18.7 Å². The van der Waals surface area contributed by atoms with E-state index in [4.69, 9.17) is 5.11 Å². The Morgan fingerprint density at radius 2 is 2.23 bits per heavy atom. The van der Waals surface area contributed by atoms with Crippen LogP contribution >= 0.6 is 0 Å². The summed E-state index contributed by atoms with van der Waals surface area (Å²) in [5.74, 6) is 0.0949. The minimum atomic E-state index is -1.44. The first-order valence-corrected chi connectivity index (χ1v) is 4.19. The smallest absolute Gasteiger partial charge is 0.145 e. The lowest BCUT2D eigenvalue weighted by Gasteiger charge is -2.20. The van der Waals surface area contributed by atoms with Crippen molar-refractivity contribution in [3.05, 3.63) is 29.8 Å². The van der Waals surface area contributed by atoms with Gasteiger partial charge in [-0.25, -0.2) is 4.39 Å². The molecular weight excluding hydrogens is 169 g/mol. The van der Waals surface area contributed by atoms with Crippen molar-refractivity contribution in [1.82, 2.24) is 5.32 Å². The molecule has 0 heterocycles. The van der Waals surface area contributed by atoms with Gasteiger partial charge in [0, 0.05) is 6.54 Å². The largest absolute Gasteiger partial charge is 0.508 e. The van der Waals surface area contributed by atoms with Crippen LogP contribution in [0.5, 0.6) is 5.75 Å². The SMILES string of the molecule is CNCC(C)(F)c1cccc(O)c1. The first kappa shape index (κ1) is 9.99. The predicted octanol–water partition coefficient (Wildman–Crippen LogP) is 1.80. The maximum atomic E-state index is 13.8. The van der Waals surface area contributed by atoms with E-state index in [2.05, 4.69) is 5.32 Å². The summed E-state index contributed by atoms with van der Waals surface area (Å²) in [5, 5.41) is 11.9. The van der Waals surface area contributed by atoms with Gasteiger partial charge in [-0.3, -0.25) is 0 Å². The lowest BCUT2D eigenvalue weighted by molar-refractivity contribution is 0.190. The maximum absolute atomic E-state index is 13.8. The van der Waals surface area contributed by atoms with Crippen molar-refractivity contribution in [3.63, 3.8) is 0 Å². The number of halogens is 1. The number of nitrogens with one attached hydrogen (secondary N) is 1. The molecule has 0 spiro atoms. The highest BCUT2D eigenvalue weighted by Gasteiger charge is 2.24. The Bertz CT molecular complexity index is 286. The van der Waals surface area contributed by atoms with E-state index in [1.165, 1.54) is 19.1 Å². The number of hydrogen-bond acceptors (Lipinski definition) is 2. The second kappa shape index (κ2) is 3.75. The zero-order valence-corrected chi connectivity index (χ0v) is 7.84. The van der Waals surface area contributed by atoms with Crippen LogP contribution in [0.1, 0.15) is 12.5 Å². The van der Waals surface area contributed by atoms with Gasteiger partial charge < -0.3 is 10.4 Å². The highest BCUT2D eigenvalue weighted by Crippen LogP contribution is 2.26. The standard InChI is InChI=1S/C10H14FNO/c1-10(11,7-12-2)8-4-3-5-9(13)6-8/h3-6,12-13H,7H2,1-2H3. The monoisotopic (exact) mass is 183 g/mol. The molecule has 2 N–H and O–H groups in total. The minimum Gasteiger partial charge on any atom is -0.508 e. The molecule has 0 radical (unpaired) electrons. The highest BCUT2D eigenvalue weighted by molar-refractivity contribution is 5.31. The van der Waals surface area contributed by atoms with Crippen LogP contribution in [0.2, 0.25) is 0 Å². The summed E-state index contributed by atoms with van der Waals surface area (Å²) >= 11 is 0. The van der Waals surface area contributed by atoms with Crippen molar-refractivity contribution in [3.8, 4) is 5.75 Å². The summed E-state index contributed by atoms with van der Waals surface area (Å²) in [6.45, 7) is 1.72. The number of rotatable bonds is 3. The lowest BCUT2D eigenvalue weighted by atomic mass is 9.98. The second-order valence-corrected chi connectivity index (χ2v) is 3.28. The molecule has 1 unspecified atom stereocenters. The van der Waals surface area contributed by atoms with Crippen molar-refractivity contribution in [2.45, 2.75) is 12.6 Å². The molecule has 0 amide bonds. The van der Waals surface area contributed by atoms with E-state index in [0.29, 0.717) is 5.56 Å². The third kappa shape index (κ3) is 2.42. The molecule has 0 saturated carbocycles. The van der Waals surface area contributed by atoms with Gasteiger partial charge in [-0.1, -0.05) is 12.1 Å². The zero-order chi connectivity index (χ0) is 9.90. The number of hydrogen-bond donors (Lipinski definition) is 2. The van der Waals surface area contributed by atoms with E-state index >= 15 is 0 Å². The molecule has 13 heavy (non-hydrogen) atoms. The van der Waals surface area contributed by atoms with Crippen LogP contribution in [0.3, 0.4) is 0 Å². The molecule has 0 fully saturated rings. The van der Waals surface area contributed by atoms with E-state index in [1.807, 2.05) is 0 Å². The Morgan fingerprint density at radius 1 is 1.54 bits per heavy atom. The number of alkyl halides is 1. The first-order valence-electron chi connectivity index (χ1n) is 4.19. The van der Waals surface area contributed by atoms with Gasteiger partial charge >= 0.3 is 0 Å². The number of phenolic OH excluding ortho intramolecular Hbond substituents is 1. The molecule has 0 aliphatic rings. The van der Waals surface area contributed by atoms with Crippen LogP contribution in [0.25, 0.3) is 0 Å². The normalized spacial score (nSPS) is 15.3. The molecular formula is C10H14FNO. The van der Waals surface area contributed by atoms with Crippen LogP contribution < -0.4 is 5.32 Å².